The Morgan fingerprint density at radius 2 is 0.885 bits per heavy atom. The molecule has 1 spiro atoms. The molecule has 7 rings (SSSR count). The molecule has 0 aromatic heterocycles. The van der Waals surface area contributed by atoms with E-state index in [4.69, 9.17) is 9.47 Å². The Hall–Kier alpha value is -1.97. The smallest absolute Gasteiger partial charge is 0.168 e. The summed E-state index contributed by atoms with van der Waals surface area (Å²) >= 11 is 0. The fourth-order valence-electron chi connectivity index (χ4n) is 10.5. The zero-order valence-electron chi connectivity index (χ0n) is 32.7. The summed E-state index contributed by atoms with van der Waals surface area (Å²) < 4.78 is 11.7. The van der Waals surface area contributed by atoms with Crippen molar-refractivity contribution in [2.45, 2.75) is 193 Å². The van der Waals surface area contributed by atoms with Crippen LogP contribution in [0.4, 0.5) is 0 Å². The predicted molar refractivity (Wildman–Crippen MR) is 219 cm³/mol. The van der Waals surface area contributed by atoms with Crippen LogP contribution in [0.15, 0.2) is 48.5 Å². The van der Waals surface area contributed by atoms with E-state index in [1.807, 2.05) is 0 Å². The van der Waals surface area contributed by atoms with Gasteiger partial charge in [-0.25, -0.2) is 0 Å². The number of ether oxygens (including phenoxy) is 2. The first-order chi connectivity index (χ1) is 25.0. The average molecular weight is 713 g/mol. The van der Waals surface area contributed by atoms with Gasteiger partial charge in [0.05, 0.1) is 13.2 Å². The van der Waals surface area contributed by atoms with E-state index in [2.05, 4.69) is 62.4 Å². The van der Waals surface area contributed by atoms with E-state index in [0.29, 0.717) is 17.6 Å². The number of ketones is 1. The van der Waals surface area contributed by atoms with Gasteiger partial charge in [-0.2, -0.15) is 0 Å². The lowest BCUT2D eigenvalue weighted by Crippen LogP contribution is -2.34. The molecule has 4 saturated carbocycles. The molecule has 2 aromatic carbocycles. The normalized spacial score (nSPS) is 26.8. The second-order valence-electron chi connectivity index (χ2n) is 17.6. The lowest BCUT2D eigenvalue weighted by Gasteiger charge is -2.35. The van der Waals surface area contributed by atoms with Crippen molar-refractivity contribution in [3.8, 4) is 0 Å². The molecule has 3 nitrogen and oxygen atoms in total. The highest BCUT2D eigenvalue weighted by molar-refractivity contribution is 5.79. The summed E-state index contributed by atoms with van der Waals surface area (Å²) in [6.45, 7) is 6.21. The molecule has 5 aliphatic rings. The minimum atomic E-state index is -0.230. The highest BCUT2D eigenvalue weighted by Crippen LogP contribution is 2.42. The number of hydrogen-bond donors (Lipinski definition) is 0. The van der Waals surface area contributed by atoms with Crippen LogP contribution in [0.25, 0.3) is 0 Å². The van der Waals surface area contributed by atoms with Crippen molar-refractivity contribution >= 4 is 5.78 Å². The summed E-state index contributed by atoms with van der Waals surface area (Å²) in [6, 6.07) is 18.9. The van der Waals surface area contributed by atoms with Crippen LogP contribution in [0.1, 0.15) is 197 Å². The third kappa shape index (κ3) is 12.3. The molecule has 0 amide bonds. The molecule has 52 heavy (non-hydrogen) atoms. The third-order valence-corrected chi connectivity index (χ3v) is 14.0. The monoisotopic (exact) mass is 713 g/mol. The summed E-state index contributed by atoms with van der Waals surface area (Å²) in [7, 11) is 0. The quantitative estimate of drug-likeness (QED) is 0.220. The Bertz CT molecular complexity index is 1250. The zero-order valence-corrected chi connectivity index (χ0v) is 32.7. The van der Waals surface area contributed by atoms with Crippen molar-refractivity contribution in [2.75, 3.05) is 13.2 Å². The molecule has 1 heterocycles. The zero-order chi connectivity index (χ0) is 35.3. The van der Waals surface area contributed by atoms with Gasteiger partial charge in [0.1, 0.15) is 5.78 Å². The van der Waals surface area contributed by atoms with E-state index in [0.717, 1.165) is 75.4 Å². The molecular weight excluding hydrogens is 637 g/mol. The van der Waals surface area contributed by atoms with Gasteiger partial charge in [-0.15, -0.1) is 0 Å². The van der Waals surface area contributed by atoms with Crippen molar-refractivity contribution in [2.24, 2.45) is 23.7 Å². The van der Waals surface area contributed by atoms with E-state index >= 15 is 0 Å². The topological polar surface area (TPSA) is 35.5 Å². The highest BCUT2D eigenvalue weighted by atomic mass is 16.7. The van der Waals surface area contributed by atoms with Gasteiger partial charge in [0.15, 0.2) is 5.79 Å². The van der Waals surface area contributed by atoms with E-state index < -0.39 is 0 Å². The van der Waals surface area contributed by atoms with E-state index in [9.17, 15) is 4.79 Å². The van der Waals surface area contributed by atoms with Gasteiger partial charge in [0.25, 0.3) is 0 Å². The maximum atomic E-state index is 11.4. The molecule has 2 aromatic rings. The van der Waals surface area contributed by atoms with Crippen LogP contribution < -0.4 is 0 Å². The van der Waals surface area contributed by atoms with Gasteiger partial charge >= 0.3 is 0 Å². The van der Waals surface area contributed by atoms with Gasteiger partial charge in [-0.1, -0.05) is 147 Å². The molecule has 0 bridgehead atoms. The van der Waals surface area contributed by atoms with Crippen molar-refractivity contribution in [1.29, 1.82) is 0 Å². The summed E-state index contributed by atoms with van der Waals surface area (Å²) in [5.41, 5.74) is 6.00. The third-order valence-electron chi connectivity index (χ3n) is 14.0. The number of aryl methyl sites for hydroxylation is 2. The van der Waals surface area contributed by atoms with Crippen molar-refractivity contribution in [3.63, 3.8) is 0 Å². The summed E-state index contributed by atoms with van der Waals surface area (Å²) in [6.07, 6.45) is 30.8. The molecule has 0 unspecified atom stereocenters. The number of carbonyl (C=O) groups is 1. The van der Waals surface area contributed by atoms with Crippen LogP contribution >= 0.6 is 0 Å². The number of benzene rings is 2. The molecular formula is C49H76O3. The second kappa shape index (κ2) is 21.2. The average Bonchev–Trinajstić information content (AvgIpc) is 3.63. The number of carbonyl (C=O) groups excluding carboxylic acids is 1. The summed E-state index contributed by atoms with van der Waals surface area (Å²) in [4.78, 5) is 11.4. The van der Waals surface area contributed by atoms with Crippen molar-refractivity contribution < 1.29 is 14.3 Å². The van der Waals surface area contributed by atoms with Crippen LogP contribution in [0.5, 0.6) is 0 Å². The number of hydrogen-bond acceptors (Lipinski definition) is 3. The van der Waals surface area contributed by atoms with E-state index in [1.54, 1.807) is 0 Å². The SMILES string of the molecule is C.CCCC1CCC(CCc2ccc(C3CCC(=O)CC3)cc2)CC1.CCCC1CCC(CCc2ccc(C3CCC4(CC3)OCCO4)cc2)CC1. The van der Waals surface area contributed by atoms with Crippen molar-refractivity contribution in [3.05, 3.63) is 70.8 Å². The van der Waals surface area contributed by atoms with Gasteiger partial charge in [-0.05, 0) is 109 Å². The Morgan fingerprint density at radius 1 is 0.519 bits per heavy atom. The van der Waals surface area contributed by atoms with E-state index in [1.165, 1.54) is 138 Å². The molecule has 5 fully saturated rings. The number of rotatable bonds is 12. The Morgan fingerprint density at radius 3 is 1.27 bits per heavy atom. The lowest BCUT2D eigenvalue weighted by atomic mass is 9.78. The fraction of sp³-hybridized carbons (Fsp3) is 0.735. The first-order valence-electron chi connectivity index (χ1n) is 22.0. The Kier molecular flexibility index (Phi) is 16.8. The molecule has 3 heteroatoms. The van der Waals surface area contributed by atoms with Crippen LogP contribution in [0.2, 0.25) is 0 Å². The standard InChI is InChI=1S/C25H38O2.C23H34O.CH4/c1-2-3-20-4-6-21(7-5-20)8-9-22-10-12-23(13-11-22)24-14-16-25(17-15-24)26-18-19-27-25;1-2-3-18-4-6-19(7-5-18)8-9-20-10-12-21(13-11-20)22-14-16-23(24)17-15-22;/h10-13,20-21,24H,2-9,14-19H2,1H3;10-13,18-19,22H,2-9,14-17H2,1H3;1H4. The lowest BCUT2D eigenvalue weighted by molar-refractivity contribution is -0.178. The molecule has 0 radical (unpaired) electrons. The van der Waals surface area contributed by atoms with Crippen LogP contribution in [-0.2, 0) is 27.1 Å². The van der Waals surface area contributed by atoms with Gasteiger partial charge in [-0.3, -0.25) is 4.79 Å². The highest BCUT2D eigenvalue weighted by Gasteiger charge is 2.40. The van der Waals surface area contributed by atoms with Gasteiger partial charge < -0.3 is 9.47 Å². The first kappa shape index (κ1) is 41.2. The van der Waals surface area contributed by atoms with Gasteiger partial charge in [0, 0.05) is 25.7 Å². The maximum absolute atomic E-state index is 11.4. The predicted octanol–water partition coefficient (Wildman–Crippen LogP) is 13.7. The van der Waals surface area contributed by atoms with Crippen molar-refractivity contribution in [1.82, 2.24) is 0 Å². The summed E-state index contributed by atoms with van der Waals surface area (Å²) in [5, 5.41) is 0. The Balaban J connectivity index is 0.000000199. The summed E-state index contributed by atoms with van der Waals surface area (Å²) in [5.74, 6) is 5.51. The Labute approximate surface area is 319 Å². The van der Waals surface area contributed by atoms with Crippen LogP contribution in [0.3, 0.4) is 0 Å². The minimum Gasteiger partial charge on any atom is -0.348 e. The number of Topliss-reactive ketones (excluding diaryl/α,β-unsaturated/α-hetero) is 1. The second-order valence-corrected chi connectivity index (χ2v) is 17.6. The molecule has 0 N–H and O–H groups in total. The fourth-order valence-corrected chi connectivity index (χ4v) is 10.5. The molecule has 290 valence electrons. The molecule has 1 aliphatic heterocycles. The van der Waals surface area contributed by atoms with E-state index in [-0.39, 0.29) is 13.2 Å². The van der Waals surface area contributed by atoms with Crippen LogP contribution in [-0.4, -0.2) is 24.8 Å². The maximum Gasteiger partial charge on any atom is 0.168 e. The van der Waals surface area contributed by atoms with Crippen LogP contribution in [0, 0.1) is 23.7 Å². The first-order valence-corrected chi connectivity index (χ1v) is 22.0. The molecule has 4 aliphatic carbocycles. The largest absolute Gasteiger partial charge is 0.348 e. The van der Waals surface area contributed by atoms with Gasteiger partial charge in [0.2, 0.25) is 0 Å². The molecule has 1 saturated heterocycles. The molecule has 0 atom stereocenters. The minimum absolute atomic E-state index is 0.